The second kappa shape index (κ2) is 6.30. The van der Waals surface area contributed by atoms with Crippen molar-refractivity contribution in [3.8, 4) is 0 Å². The minimum absolute atomic E-state index is 0. The van der Waals surface area contributed by atoms with Gasteiger partial charge >= 0.3 is 0 Å². The van der Waals surface area contributed by atoms with Gasteiger partial charge in [0.15, 0.2) is 0 Å². The third-order valence-electron chi connectivity index (χ3n) is 2.75. The van der Waals surface area contributed by atoms with Gasteiger partial charge < -0.3 is 15.8 Å². The van der Waals surface area contributed by atoms with Gasteiger partial charge in [0.25, 0.3) is 0 Å². The Labute approximate surface area is 97.3 Å². The average molecular weight is 237 g/mol. The first kappa shape index (κ1) is 14.7. The molecule has 90 valence electrons. The third kappa shape index (κ3) is 4.36. The molecule has 1 amide bonds. The molecule has 0 aromatic carbocycles. The SMILES string of the molecule is CCOC(C)C(=O)NCC1(N)CCC1.Cl. The molecule has 1 unspecified atom stereocenters. The zero-order valence-corrected chi connectivity index (χ0v) is 10.2. The average Bonchev–Trinajstić information content (AvgIpc) is 2.11. The van der Waals surface area contributed by atoms with Crippen LogP contribution in [0.5, 0.6) is 0 Å². The lowest BCUT2D eigenvalue weighted by molar-refractivity contribution is -0.131. The van der Waals surface area contributed by atoms with Crippen molar-refractivity contribution < 1.29 is 9.53 Å². The van der Waals surface area contributed by atoms with E-state index in [1.165, 1.54) is 6.42 Å². The van der Waals surface area contributed by atoms with Crippen molar-refractivity contribution in [2.45, 2.75) is 44.8 Å². The predicted octanol–water partition coefficient (Wildman–Crippen LogP) is 0.831. The van der Waals surface area contributed by atoms with Crippen molar-refractivity contribution in [3.05, 3.63) is 0 Å². The van der Waals surface area contributed by atoms with Crippen molar-refractivity contribution in [2.75, 3.05) is 13.2 Å². The van der Waals surface area contributed by atoms with Crippen molar-refractivity contribution in [1.82, 2.24) is 5.32 Å². The molecule has 5 heteroatoms. The summed E-state index contributed by atoms with van der Waals surface area (Å²) < 4.78 is 5.17. The van der Waals surface area contributed by atoms with Gasteiger partial charge in [-0.15, -0.1) is 12.4 Å². The van der Waals surface area contributed by atoms with Gasteiger partial charge in [0.05, 0.1) is 0 Å². The summed E-state index contributed by atoms with van der Waals surface area (Å²) >= 11 is 0. The molecule has 1 saturated carbocycles. The first-order chi connectivity index (χ1) is 6.57. The summed E-state index contributed by atoms with van der Waals surface area (Å²) in [6.45, 7) is 4.76. The molecule has 15 heavy (non-hydrogen) atoms. The largest absolute Gasteiger partial charge is 0.369 e. The first-order valence-corrected chi connectivity index (χ1v) is 5.25. The van der Waals surface area contributed by atoms with Crippen LogP contribution >= 0.6 is 12.4 Å². The molecule has 0 aromatic heterocycles. The van der Waals surface area contributed by atoms with Gasteiger partial charge in [-0.05, 0) is 33.1 Å². The Balaban J connectivity index is 0.00000196. The maximum atomic E-state index is 11.4. The number of ether oxygens (including phenoxy) is 1. The second-order valence-corrected chi connectivity index (χ2v) is 4.03. The molecule has 0 heterocycles. The van der Waals surface area contributed by atoms with Gasteiger partial charge in [-0.2, -0.15) is 0 Å². The van der Waals surface area contributed by atoms with Crippen molar-refractivity contribution in [1.29, 1.82) is 0 Å². The lowest BCUT2D eigenvalue weighted by Crippen LogP contribution is -2.56. The lowest BCUT2D eigenvalue weighted by Gasteiger charge is -2.38. The maximum absolute atomic E-state index is 11.4. The van der Waals surface area contributed by atoms with Crippen molar-refractivity contribution in [3.63, 3.8) is 0 Å². The van der Waals surface area contributed by atoms with E-state index >= 15 is 0 Å². The summed E-state index contributed by atoms with van der Waals surface area (Å²) in [6.07, 6.45) is 2.82. The van der Waals surface area contributed by atoms with Gasteiger partial charge in [0, 0.05) is 18.7 Å². The van der Waals surface area contributed by atoms with Crippen LogP contribution in [0.25, 0.3) is 0 Å². The molecule has 0 saturated heterocycles. The molecule has 0 radical (unpaired) electrons. The first-order valence-electron chi connectivity index (χ1n) is 5.25. The second-order valence-electron chi connectivity index (χ2n) is 4.03. The number of amides is 1. The highest BCUT2D eigenvalue weighted by Gasteiger charge is 2.32. The molecule has 1 rings (SSSR count). The summed E-state index contributed by atoms with van der Waals surface area (Å²) in [5.41, 5.74) is 5.82. The quantitative estimate of drug-likeness (QED) is 0.743. The van der Waals surface area contributed by atoms with Crippen LogP contribution in [0.4, 0.5) is 0 Å². The van der Waals surface area contributed by atoms with Gasteiger partial charge in [0.2, 0.25) is 5.91 Å². The normalized spacial score (nSPS) is 19.7. The molecule has 1 fully saturated rings. The topological polar surface area (TPSA) is 64.3 Å². The Bertz CT molecular complexity index is 208. The van der Waals surface area contributed by atoms with Crippen LogP contribution in [-0.4, -0.2) is 30.7 Å². The molecule has 0 aromatic rings. The minimum Gasteiger partial charge on any atom is -0.369 e. The standard InChI is InChI=1S/C10H20N2O2.ClH/c1-3-14-8(2)9(13)12-7-10(11)5-4-6-10;/h8H,3-7,11H2,1-2H3,(H,12,13);1H. The van der Waals surface area contributed by atoms with Gasteiger partial charge in [-0.25, -0.2) is 0 Å². The van der Waals surface area contributed by atoms with Crippen molar-refractivity contribution >= 4 is 18.3 Å². The van der Waals surface area contributed by atoms with Gasteiger partial charge in [-0.3, -0.25) is 4.79 Å². The van der Waals surface area contributed by atoms with Crippen LogP contribution in [0.2, 0.25) is 0 Å². The van der Waals surface area contributed by atoms with Crippen molar-refractivity contribution in [2.24, 2.45) is 5.73 Å². The summed E-state index contributed by atoms with van der Waals surface area (Å²) in [4.78, 5) is 11.4. The third-order valence-corrected chi connectivity index (χ3v) is 2.75. The molecular formula is C10H21ClN2O2. The number of nitrogens with two attached hydrogens (primary N) is 1. The van der Waals surface area contributed by atoms with E-state index < -0.39 is 0 Å². The van der Waals surface area contributed by atoms with Crippen LogP contribution in [0.15, 0.2) is 0 Å². The number of hydrogen-bond acceptors (Lipinski definition) is 3. The Morgan fingerprint density at radius 1 is 1.60 bits per heavy atom. The van der Waals surface area contributed by atoms with Gasteiger partial charge in [0.1, 0.15) is 6.10 Å². The Hall–Kier alpha value is -0.320. The number of carbonyl (C=O) groups excluding carboxylic acids is 1. The lowest BCUT2D eigenvalue weighted by atomic mass is 9.78. The fourth-order valence-corrected chi connectivity index (χ4v) is 1.54. The predicted molar refractivity (Wildman–Crippen MR) is 62.1 cm³/mol. The van der Waals surface area contributed by atoms with Crippen LogP contribution < -0.4 is 11.1 Å². The van der Waals surface area contributed by atoms with E-state index in [0.29, 0.717) is 13.2 Å². The Kier molecular flexibility index (Phi) is 6.17. The van der Waals surface area contributed by atoms with E-state index in [9.17, 15) is 4.79 Å². The zero-order valence-electron chi connectivity index (χ0n) is 9.41. The number of halogens is 1. The minimum atomic E-state index is -0.372. The zero-order chi connectivity index (χ0) is 10.6. The summed E-state index contributed by atoms with van der Waals surface area (Å²) in [5, 5.41) is 2.82. The summed E-state index contributed by atoms with van der Waals surface area (Å²) in [6, 6.07) is 0. The summed E-state index contributed by atoms with van der Waals surface area (Å²) in [5.74, 6) is -0.0661. The fraction of sp³-hybridized carbons (Fsp3) is 0.900. The van der Waals surface area contributed by atoms with Crippen LogP contribution in [0.1, 0.15) is 33.1 Å². The molecule has 0 spiro atoms. The van der Waals surface area contributed by atoms with E-state index in [4.69, 9.17) is 10.5 Å². The highest BCUT2D eigenvalue weighted by molar-refractivity contribution is 5.85. The van der Waals surface area contributed by atoms with Crippen LogP contribution in [0.3, 0.4) is 0 Å². The van der Waals surface area contributed by atoms with Crippen LogP contribution in [0, 0.1) is 0 Å². The molecule has 3 N–H and O–H groups in total. The van der Waals surface area contributed by atoms with Crippen LogP contribution in [-0.2, 0) is 9.53 Å². The Morgan fingerprint density at radius 3 is 2.60 bits per heavy atom. The number of carbonyl (C=O) groups is 1. The molecular weight excluding hydrogens is 216 g/mol. The maximum Gasteiger partial charge on any atom is 0.248 e. The molecule has 4 nitrogen and oxygen atoms in total. The summed E-state index contributed by atoms with van der Waals surface area (Å²) in [7, 11) is 0. The monoisotopic (exact) mass is 236 g/mol. The fourth-order valence-electron chi connectivity index (χ4n) is 1.54. The smallest absolute Gasteiger partial charge is 0.248 e. The van der Waals surface area contributed by atoms with E-state index in [1.807, 2.05) is 6.92 Å². The van der Waals surface area contributed by atoms with E-state index in [1.54, 1.807) is 6.92 Å². The number of nitrogens with one attached hydrogen (secondary N) is 1. The molecule has 0 aliphatic heterocycles. The van der Waals surface area contributed by atoms with E-state index in [0.717, 1.165) is 12.8 Å². The molecule has 1 atom stereocenters. The highest BCUT2D eigenvalue weighted by Crippen LogP contribution is 2.27. The Morgan fingerprint density at radius 2 is 2.20 bits per heavy atom. The highest BCUT2D eigenvalue weighted by atomic mass is 35.5. The van der Waals surface area contributed by atoms with E-state index in [-0.39, 0.29) is 30.0 Å². The number of hydrogen-bond donors (Lipinski definition) is 2. The van der Waals surface area contributed by atoms with E-state index in [2.05, 4.69) is 5.32 Å². The van der Waals surface area contributed by atoms with Gasteiger partial charge in [-0.1, -0.05) is 0 Å². The molecule has 0 bridgehead atoms. The number of rotatable bonds is 5. The molecule has 1 aliphatic rings. The molecule has 1 aliphatic carbocycles.